The summed E-state index contributed by atoms with van der Waals surface area (Å²) in [4.78, 5) is 1.77. The molecule has 0 atom stereocenters. The van der Waals surface area contributed by atoms with Gasteiger partial charge in [0, 0.05) is 24.2 Å². The molecule has 2 aromatic carbocycles. The summed E-state index contributed by atoms with van der Waals surface area (Å²) >= 11 is 5.94. The van der Waals surface area contributed by atoms with Gasteiger partial charge in [-0.05, 0) is 17.7 Å². The van der Waals surface area contributed by atoms with Crippen molar-refractivity contribution < 1.29 is 10.2 Å². The number of halogens is 1. The van der Waals surface area contributed by atoms with Crippen LogP contribution in [0.15, 0.2) is 66.6 Å². The Bertz CT molecular complexity index is 676. The first-order valence-corrected chi connectivity index (χ1v) is 7.26. The highest BCUT2D eigenvalue weighted by Crippen LogP contribution is 2.20. The number of likely N-dealkylation sites (N-methyl/N-ethyl adjacent to an activating group) is 1. The van der Waals surface area contributed by atoms with Crippen molar-refractivity contribution in [3.8, 4) is 0 Å². The van der Waals surface area contributed by atoms with Crippen molar-refractivity contribution in [1.82, 2.24) is 4.90 Å². The SMILES string of the molecule is CN(C/C=C/c1cccc(Cl)c1)C(=C(O)O)c1ccccc1. The first-order valence-electron chi connectivity index (χ1n) is 6.89. The maximum atomic E-state index is 9.54. The van der Waals surface area contributed by atoms with Crippen LogP contribution in [0.1, 0.15) is 11.1 Å². The van der Waals surface area contributed by atoms with Crippen LogP contribution in [0.2, 0.25) is 5.02 Å². The van der Waals surface area contributed by atoms with Crippen LogP contribution in [0.25, 0.3) is 11.8 Å². The molecule has 0 spiro atoms. The molecular weight excluding hydrogens is 298 g/mol. The molecule has 2 N–H and O–H groups in total. The smallest absolute Gasteiger partial charge is 0.299 e. The van der Waals surface area contributed by atoms with Crippen LogP contribution >= 0.6 is 11.6 Å². The lowest BCUT2D eigenvalue weighted by Crippen LogP contribution is -2.18. The van der Waals surface area contributed by atoms with Crippen molar-refractivity contribution in [2.24, 2.45) is 0 Å². The van der Waals surface area contributed by atoms with E-state index in [2.05, 4.69) is 0 Å². The Morgan fingerprint density at radius 1 is 1.09 bits per heavy atom. The van der Waals surface area contributed by atoms with Crippen molar-refractivity contribution in [2.75, 3.05) is 13.6 Å². The largest absolute Gasteiger partial charge is 0.480 e. The molecule has 0 fully saturated rings. The Labute approximate surface area is 135 Å². The average molecular weight is 316 g/mol. The van der Waals surface area contributed by atoms with Crippen LogP contribution in [0.5, 0.6) is 0 Å². The first-order chi connectivity index (χ1) is 10.6. The summed E-state index contributed by atoms with van der Waals surface area (Å²) in [5.41, 5.74) is 2.14. The Hall–Kier alpha value is -2.39. The molecular formula is C18H18ClNO2. The van der Waals surface area contributed by atoms with E-state index in [1.54, 1.807) is 11.9 Å². The highest BCUT2D eigenvalue weighted by Gasteiger charge is 2.12. The first kappa shape index (κ1) is 16.0. The van der Waals surface area contributed by atoms with Crippen LogP contribution in [0, 0.1) is 0 Å². The molecule has 114 valence electrons. The number of aliphatic hydroxyl groups excluding tert-OH is 1. The van der Waals surface area contributed by atoms with Gasteiger partial charge in [-0.3, -0.25) is 0 Å². The summed E-state index contributed by atoms with van der Waals surface area (Å²) < 4.78 is 0. The van der Waals surface area contributed by atoms with Gasteiger partial charge in [0.2, 0.25) is 0 Å². The number of rotatable bonds is 5. The van der Waals surface area contributed by atoms with E-state index in [9.17, 15) is 10.2 Å². The molecule has 0 amide bonds. The Balaban J connectivity index is 2.10. The van der Waals surface area contributed by atoms with E-state index < -0.39 is 5.95 Å². The highest BCUT2D eigenvalue weighted by atomic mass is 35.5. The fourth-order valence-electron chi connectivity index (χ4n) is 2.16. The van der Waals surface area contributed by atoms with Crippen LogP contribution in [-0.4, -0.2) is 28.7 Å². The summed E-state index contributed by atoms with van der Waals surface area (Å²) in [7, 11) is 1.80. The third kappa shape index (κ3) is 4.30. The zero-order valence-corrected chi connectivity index (χ0v) is 13.0. The van der Waals surface area contributed by atoms with Gasteiger partial charge in [-0.2, -0.15) is 0 Å². The van der Waals surface area contributed by atoms with E-state index in [-0.39, 0.29) is 0 Å². The molecule has 0 aliphatic heterocycles. The molecule has 0 unspecified atom stereocenters. The molecule has 3 nitrogen and oxygen atoms in total. The number of hydrogen-bond donors (Lipinski definition) is 2. The Kier molecular flexibility index (Phi) is 5.50. The molecule has 0 saturated carbocycles. The molecule has 0 aliphatic rings. The Morgan fingerprint density at radius 2 is 1.82 bits per heavy atom. The van der Waals surface area contributed by atoms with Crippen LogP contribution in [0.3, 0.4) is 0 Å². The van der Waals surface area contributed by atoms with Gasteiger partial charge in [0.1, 0.15) is 5.70 Å². The summed E-state index contributed by atoms with van der Waals surface area (Å²) in [5, 5.41) is 19.8. The number of benzene rings is 2. The molecule has 2 aromatic rings. The van der Waals surface area contributed by atoms with Gasteiger partial charge in [-0.1, -0.05) is 66.2 Å². The zero-order chi connectivity index (χ0) is 15.9. The van der Waals surface area contributed by atoms with E-state index in [0.717, 1.165) is 11.1 Å². The van der Waals surface area contributed by atoms with Crippen LogP contribution < -0.4 is 0 Å². The van der Waals surface area contributed by atoms with E-state index in [1.807, 2.05) is 66.7 Å². The molecule has 0 saturated heterocycles. The van der Waals surface area contributed by atoms with E-state index in [0.29, 0.717) is 17.3 Å². The quantitative estimate of drug-likeness (QED) is 0.784. The fraction of sp³-hybridized carbons (Fsp3) is 0.111. The normalized spacial score (nSPS) is 10.6. The molecule has 2 rings (SSSR count). The van der Waals surface area contributed by atoms with E-state index in [1.165, 1.54) is 0 Å². The van der Waals surface area contributed by atoms with E-state index >= 15 is 0 Å². The van der Waals surface area contributed by atoms with Crippen LogP contribution in [-0.2, 0) is 0 Å². The molecule has 0 heterocycles. The van der Waals surface area contributed by atoms with Gasteiger partial charge in [-0.15, -0.1) is 0 Å². The lowest BCUT2D eigenvalue weighted by Gasteiger charge is -2.20. The number of aliphatic hydroxyl groups is 2. The second kappa shape index (κ2) is 7.57. The summed E-state index contributed by atoms with van der Waals surface area (Å²) in [6, 6.07) is 16.8. The fourth-order valence-corrected chi connectivity index (χ4v) is 2.36. The third-order valence-corrected chi connectivity index (χ3v) is 3.41. The summed E-state index contributed by atoms with van der Waals surface area (Å²) in [5.74, 6) is -0.690. The van der Waals surface area contributed by atoms with E-state index in [4.69, 9.17) is 11.6 Å². The second-order valence-electron chi connectivity index (χ2n) is 4.88. The minimum atomic E-state index is -0.690. The van der Waals surface area contributed by atoms with Gasteiger partial charge in [0.15, 0.2) is 0 Å². The minimum absolute atomic E-state index is 0.386. The lowest BCUT2D eigenvalue weighted by molar-refractivity contribution is 0.186. The van der Waals surface area contributed by atoms with Crippen LogP contribution in [0.4, 0.5) is 0 Å². The van der Waals surface area contributed by atoms with Gasteiger partial charge < -0.3 is 15.1 Å². The maximum absolute atomic E-state index is 9.54. The molecule has 0 bridgehead atoms. The number of hydrogen-bond acceptors (Lipinski definition) is 3. The van der Waals surface area contributed by atoms with Gasteiger partial charge >= 0.3 is 0 Å². The molecule has 22 heavy (non-hydrogen) atoms. The van der Waals surface area contributed by atoms with Gasteiger partial charge in [0.05, 0.1) is 0 Å². The molecule has 0 aromatic heterocycles. The van der Waals surface area contributed by atoms with Crippen molar-refractivity contribution >= 4 is 23.4 Å². The Morgan fingerprint density at radius 3 is 2.45 bits per heavy atom. The van der Waals surface area contributed by atoms with Crippen molar-refractivity contribution in [3.05, 3.63) is 82.8 Å². The monoisotopic (exact) mass is 315 g/mol. The molecule has 0 radical (unpaired) electrons. The molecule has 4 heteroatoms. The summed E-state index contributed by atoms with van der Waals surface area (Å²) in [6.07, 6.45) is 3.89. The third-order valence-electron chi connectivity index (χ3n) is 3.18. The van der Waals surface area contributed by atoms with Crippen molar-refractivity contribution in [3.63, 3.8) is 0 Å². The average Bonchev–Trinajstić information content (AvgIpc) is 2.48. The zero-order valence-electron chi connectivity index (χ0n) is 12.3. The maximum Gasteiger partial charge on any atom is 0.299 e. The van der Waals surface area contributed by atoms with Crippen molar-refractivity contribution in [2.45, 2.75) is 0 Å². The van der Waals surface area contributed by atoms with Crippen molar-refractivity contribution in [1.29, 1.82) is 0 Å². The minimum Gasteiger partial charge on any atom is -0.480 e. The predicted molar refractivity (Wildman–Crippen MR) is 91.7 cm³/mol. The number of nitrogens with zero attached hydrogens (tertiary/aromatic N) is 1. The topological polar surface area (TPSA) is 43.7 Å². The highest BCUT2D eigenvalue weighted by molar-refractivity contribution is 6.30. The van der Waals surface area contributed by atoms with Gasteiger partial charge in [-0.25, -0.2) is 0 Å². The lowest BCUT2D eigenvalue weighted by atomic mass is 10.1. The summed E-state index contributed by atoms with van der Waals surface area (Å²) in [6.45, 7) is 0.529. The second-order valence-corrected chi connectivity index (χ2v) is 5.31. The molecule has 0 aliphatic carbocycles. The van der Waals surface area contributed by atoms with Gasteiger partial charge in [0.25, 0.3) is 5.95 Å². The standard InChI is InChI=1S/C18H18ClNO2/c1-20(12-6-8-14-7-5-11-16(19)13-14)17(18(21)22)15-9-3-2-4-10-15/h2-11,13,21-22H,12H2,1H3/b8-6+. The predicted octanol–water partition coefficient (Wildman–Crippen LogP) is 4.73.